The molecule has 2 saturated carbocycles. The fraction of sp³-hybridized carbons (Fsp3) is 0.542. The van der Waals surface area contributed by atoms with Gasteiger partial charge in [0.2, 0.25) is 0 Å². The Kier molecular flexibility index (Phi) is 3.99. The summed E-state index contributed by atoms with van der Waals surface area (Å²) in [5.74, 6) is 2.08. The molecule has 2 N–H and O–H groups in total. The molecule has 28 heavy (non-hydrogen) atoms. The van der Waals surface area contributed by atoms with Crippen LogP contribution in [0.4, 0.5) is 0 Å². The standard InChI is InChI=1S/C24H30N2O2/c1-14-17(13-26(3)25-14)10-16-12-22-21-6-4-15-11-18(27)5-7-19(15)20(21)8-9-24(22,2)23(16)28/h5,7,10-11,13,20-23,27-28H,4,6,8-9,12H2,1-3H3. The minimum Gasteiger partial charge on any atom is -0.508 e. The van der Waals surface area contributed by atoms with Crippen molar-refractivity contribution in [3.63, 3.8) is 0 Å². The quantitative estimate of drug-likeness (QED) is 0.776. The second kappa shape index (κ2) is 6.21. The molecule has 2 aromatic rings. The van der Waals surface area contributed by atoms with Crippen LogP contribution in [0, 0.1) is 24.2 Å². The Hall–Kier alpha value is -2.07. The summed E-state index contributed by atoms with van der Waals surface area (Å²) < 4.78 is 1.85. The number of fused-ring (bicyclic) bond motifs is 5. The van der Waals surface area contributed by atoms with Crippen molar-refractivity contribution in [2.75, 3.05) is 0 Å². The summed E-state index contributed by atoms with van der Waals surface area (Å²) >= 11 is 0. The topological polar surface area (TPSA) is 58.3 Å². The minimum absolute atomic E-state index is 0.0302. The van der Waals surface area contributed by atoms with E-state index in [0.29, 0.717) is 23.5 Å². The van der Waals surface area contributed by atoms with E-state index in [2.05, 4.69) is 24.2 Å². The minimum atomic E-state index is -0.362. The van der Waals surface area contributed by atoms with Crippen LogP contribution in [-0.2, 0) is 13.5 Å². The molecule has 3 aliphatic rings. The maximum absolute atomic E-state index is 11.3. The molecule has 0 radical (unpaired) electrons. The molecule has 0 aliphatic heterocycles. The van der Waals surface area contributed by atoms with Crippen LogP contribution in [0.2, 0.25) is 0 Å². The lowest BCUT2D eigenvalue weighted by Gasteiger charge is -2.49. The summed E-state index contributed by atoms with van der Waals surface area (Å²) in [4.78, 5) is 0. The second-order valence-electron chi connectivity index (χ2n) is 9.51. The van der Waals surface area contributed by atoms with E-state index in [1.54, 1.807) is 0 Å². The first-order valence-corrected chi connectivity index (χ1v) is 10.6. The molecule has 4 nitrogen and oxygen atoms in total. The van der Waals surface area contributed by atoms with Gasteiger partial charge in [0, 0.05) is 24.2 Å². The highest BCUT2D eigenvalue weighted by Gasteiger charge is 2.56. The third-order valence-electron chi connectivity index (χ3n) is 7.97. The third-order valence-corrected chi connectivity index (χ3v) is 7.97. The lowest BCUT2D eigenvalue weighted by atomic mass is 9.55. The number of phenolic OH excluding ortho intramolecular Hbond substituents is 1. The van der Waals surface area contributed by atoms with Gasteiger partial charge in [0.25, 0.3) is 0 Å². The van der Waals surface area contributed by atoms with Gasteiger partial charge >= 0.3 is 0 Å². The Morgan fingerprint density at radius 2 is 2.11 bits per heavy atom. The average Bonchev–Trinajstić information content (AvgIpc) is 3.11. The number of aliphatic hydroxyl groups is 1. The van der Waals surface area contributed by atoms with Gasteiger partial charge in [-0.1, -0.05) is 13.0 Å². The molecule has 5 unspecified atom stereocenters. The molecule has 3 aliphatic carbocycles. The summed E-state index contributed by atoms with van der Waals surface area (Å²) in [6.45, 7) is 4.34. The molecule has 148 valence electrons. The Morgan fingerprint density at radius 3 is 2.86 bits per heavy atom. The average molecular weight is 379 g/mol. The Labute approximate surface area is 166 Å². The van der Waals surface area contributed by atoms with Gasteiger partial charge in [-0.3, -0.25) is 4.68 Å². The molecule has 5 rings (SSSR count). The SMILES string of the molecule is Cc1nn(C)cc1C=C1CC2C3CCc4cc(O)ccc4C3CCC2(C)C1O. The van der Waals surface area contributed by atoms with Gasteiger partial charge in [-0.15, -0.1) is 0 Å². The number of phenols is 1. The Morgan fingerprint density at radius 1 is 1.29 bits per heavy atom. The lowest BCUT2D eigenvalue weighted by Crippen LogP contribution is -2.44. The molecule has 2 fully saturated rings. The number of hydrogen-bond donors (Lipinski definition) is 2. The van der Waals surface area contributed by atoms with Crippen LogP contribution in [-0.4, -0.2) is 26.1 Å². The summed E-state index contributed by atoms with van der Waals surface area (Å²) in [7, 11) is 1.95. The zero-order chi connectivity index (χ0) is 19.6. The van der Waals surface area contributed by atoms with Gasteiger partial charge in [-0.05, 0) is 91.7 Å². The molecular weight excluding hydrogens is 348 g/mol. The maximum Gasteiger partial charge on any atom is 0.115 e. The highest BCUT2D eigenvalue weighted by atomic mass is 16.3. The van der Waals surface area contributed by atoms with Crippen LogP contribution >= 0.6 is 0 Å². The van der Waals surface area contributed by atoms with Crippen molar-refractivity contribution in [3.05, 3.63) is 52.4 Å². The number of aromatic hydroxyl groups is 1. The zero-order valence-electron chi connectivity index (χ0n) is 17.0. The van der Waals surface area contributed by atoms with Crippen molar-refractivity contribution in [2.45, 2.75) is 58.0 Å². The first-order chi connectivity index (χ1) is 13.4. The fourth-order valence-electron chi connectivity index (χ4n) is 6.53. The van der Waals surface area contributed by atoms with Crippen LogP contribution in [0.3, 0.4) is 0 Å². The lowest BCUT2D eigenvalue weighted by molar-refractivity contribution is -0.0158. The van der Waals surface area contributed by atoms with Crippen LogP contribution < -0.4 is 0 Å². The van der Waals surface area contributed by atoms with Gasteiger partial charge in [0.1, 0.15) is 5.75 Å². The van der Waals surface area contributed by atoms with Crippen molar-refractivity contribution >= 4 is 6.08 Å². The van der Waals surface area contributed by atoms with Crippen LogP contribution in [0.25, 0.3) is 6.08 Å². The van der Waals surface area contributed by atoms with Crippen molar-refractivity contribution < 1.29 is 10.2 Å². The smallest absolute Gasteiger partial charge is 0.115 e. The van der Waals surface area contributed by atoms with Gasteiger partial charge < -0.3 is 10.2 Å². The van der Waals surface area contributed by atoms with E-state index in [-0.39, 0.29) is 11.5 Å². The number of hydrogen-bond acceptors (Lipinski definition) is 3. The molecule has 5 atom stereocenters. The fourth-order valence-corrected chi connectivity index (χ4v) is 6.53. The second-order valence-corrected chi connectivity index (χ2v) is 9.51. The van der Waals surface area contributed by atoms with E-state index in [0.717, 1.165) is 43.4 Å². The highest BCUT2D eigenvalue weighted by Crippen LogP contribution is 2.62. The van der Waals surface area contributed by atoms with E-state index >= 15 is 0 Å². The number of aromatic nitrogens is 2. The summed E-state index contributed by atoms with van der Waals surface area (Å²) in [5, 5.41) is 25.6. The normalized spacial score (nSPS) is 35.5. The van der Waals surface area contributed by atoms with Crippen molar-refractivity contribution in [2.24, 2.45) is 24.3 Å². The zero-order valence-corrected chi connectivity index (χ0v) is 17.0. The molecule has 0 amide bonds. The number of rotatable bonds is 1. The van der Waals surface area contributed by atoms with Crippen molar-refractivity contribution in [1.29, 1.82) is 0 Å². The maximum atomic E-state index is 11.3. The number of benzene rings is 1. The van der Waals surface area contributed by atoms with E-state index in [9.17, 15) is 10.2 Å². The molecule has 1 aromatic heterocycles. The summed E-state index contributed by atoms with van der Waals surface area (Å²) in [6.07, 6.45) is 9.25. The monoisotopic (exact) mass is 378 g/mol. The van der Waals surface area contributed by atoms with Gasteiger partial charge in [0.05, 0.1) is 11.8 Å². The van der Waals surface area contributed by atoms with Crippen molar-refractivity contribution in [3.8, 4) is 5.75 Å². The predicted octanol–water partition coefficient (Wildman–Crippen LogP) is 4.34. The Bertz CT molecular complexity index is 960. The van der Waals surface area contributed by atoms with E-state index in [1.165, 1.54) is 16.7 Å². The predicted molar refractivity (Wildman–Crippen MR) is 110 cm³/mol. The molecular formula is C24H30N2O2. The molecule has 0 saturated heterocycles. The van der Waals surface area contributed by atoms with Gasteiger partial charge in [-0.25, -0.2) is 0 Å². The third kappa shape index (κ3) is 2.57. The van der Waals surface area contributed by atoms with Gasteiger partial charge in [-0.2, -0.15) is 5.10 Å². The van der Waals surface area contributed by atoms with Gasteiger partial charge in [0.15, 0.2) is 0 Å². The van der Waals surface area contributed by atoms with E-state index < -0.39 is 0 Å². The number of nitrogens with zero attached hydrogens (tertiary/aromatic N) is 2. The van der Waals surface area contributed by atoms with Crippen LogP contribution in [0.1, 0.15) is 60.9 Å². The largest absolute Gasteiger partial charge is 0.508 e. The molecule has 0 spiro atoms. The number of aryl methyl sites for hydroxylation is 3. The number of aliphatic hydroxyl groups excluding tert-OH is 1. The first kappa shape index (κ1) is 18.0. The first-order valence-electron chi connectivity index (χ1n) is 10.6. The van der Waals surface area contributed by atoms with E-state index in [4.69, 9.17) is 0 Å². The Balaban J connectivity index is 1.49. The summed E-state index contributed by atoms with van der Waals surface area (Å²) in [5.41, 5.74) is 6.06. The van der Waals surface area contributed by atoms with Crippen LogP contribution in [0.5, 0.6) is 5.75 Å². The summed E-state index contributed by atoms with van der Waals surface area (Å²) in [6, 6.07) is 5.94. The molecule has 1 heterocycles. The highest BCUT2D eigenvalue weighted by molar-refractivity contribution is 5.57. The molecule has 1 aromatic carbocycles. The van der Waals surface area contributed by atoms with Crippen LogP contribution in [0.15, 0.2) is 30.0 Å². The molecule has 4 heteroatoms. The van der Waals surface area contributed by atoms with E-state index in [1.807, 2.05) is 37.0 Å². The van der Waals surface area contributed by atoms with Crippen molar-refractivity contribution in [1.82, 2.24) is 9.78 Å². The molecule has 0 bridgehead atoms.